The van der Waals surface area contributed by atoms with Crippen LogP contribution < -0.4 is 9.47 Å². The summed E-state index contributed by atoms with van der Waals surface area (Å²) < 4.78 is 67.5. The van der Waals surface area contributed by atoms with Crippen molar-refractivity contribution in [2.45, 2.75) is 31.9 Å². The second kappa shape index (κ2) is 10.4. The minimum atomic E-state index is -5.03. The molecule has 2 aliphatic rings. The van der Waals surface area contributed by atoms with E-state index in [1.54, 1.807) is 7.11 Å². The molecule has 6 nitrogen and oxygen atoms in total. The number of hydrogen-bond acceptors (Lipinski definition) is 5. The number of aryl methyl sites for hydroxylation is 1. The Hall–Kier alpha value is -3.92. The first-order valence-corrected chi connectivity index (χ1v) is 12.0. The number of rotatable bonds is 7. The van der Waals surface area contributed by atoms with Crippen LogP contribution in [0.4, 0.5) is 17.6 Å². The third kappa shape index (κ3) is 5.35. The lowest BCUT2D eigenvalue weighted by molar-refractivity contribution is -0.275. The molecule has 1 aliphatic carbocycles. The number of alkyl halides is 3. The van der Waals surface area contributed by atoms with Crippen LogP contribution in [0, 0.1) is 11.7 Å². The first kappa shape index (κ1) is 25.7. The summed E-state index contributed by atoms with van der Waals surface area (Å²) in [5.41, 5.74) is 3.70. The molecule has 2 atom stereocenters. The third-order valence-electron chi connectivity index (χ3n) is 6.64. The number of benzene rings is 3. The summed E-state index contributed by atoms with van der Waals surface area (Å²) in [4.78, 5) is 13.3. The lowest BCUT2D eigenvalue weighted by Crippen LogP contribution is -2.34. The van der Waals surface area contributed by atoms with E-state index in [0.717, 1.165) is 28.8 Å². The molecule has 0 fully saturated rings. The first-order valence-electron chi connectivity index (χ1n) is 12.0. The molecule has 38 heavy (non-hydrogen) atoms. The number of carbonyl (C=O) groups is 1. The molecule has 0 aromatic heterocycles. The van der Waals surface area contributed by atoms with Crippen LogP contribution in [-0.4, -0.2) is 36.7 Å². The molecule has 0 saturated heterocycles. The predicted octanol–water partition coefficient (Wildman–Crippen LogP) is 5.80. The molecule has 10 heteroatoms. The van der Waals surface area contributed by atoms with Gasteiger partial charge in [0, 0.05) is 11.5 Å². The topological polar surface area (TPSA) is 60.4 Å². The molecule has 0 saturated carbocycles. The molecule has 0 bridgehead atoms. The monoisotopic (exact) mass is 528 g/mol. The average molecular weight is 529 g/mol. The molecule has 0 radical (unpaired) electrons. The highest BCUT2D eigenvalue weighted by Gasteiger charge is 2.44. The van der Waals surface area contributed by atoms with Gasteiger partial charge in [-0.05, 0) is 53.8 Å². The highest BCUT2D eigenvalue weighted by Crippen LogP contribution is 2.45. The van der Waals surface area contributed by atoms with Gasteiger partial charge in [-0.1, -0.05) is 42.5 Å². The van der Waals surface area contributed by atoms with E-state index in [1.165, 1.54) is 11.1 Å². The van der Waals surface area contributed by atoms with Gasteiger partial charge in [0.05, 0.1) is 25.5 Å². The molecule has 1 aliphatic heterocycles. The van der Waals surface area contributed by atoms with Crippen molar-refractivity contribution in [1.82, 2.24) is 5.01 Å². The minimum absolute atomic E-state index is 0.212. The quantitative estimate of drug-likeness (QED) is 0.364. The van der Waals surface area contributed by atoms with Gasteiger partial charge in [0.1, 0.15) is 12.4 Å². The Balaban J connectivity index is 1.46. The lowest BCUT2D eigenvalue weighted by Gasteiger charge is -2.30. The molecule has 0 spiro atoms. The van der Waals surface area contributed by atoms with Gasteiger partial charge in [-0.3, -0.25) is 4.79 Å². The van der Waals surface area contributed by atoms with E-state index < -0.39 is 29.9 Å². The van der Waals surface area contributed by atoms with Crippen molar-refractivity contribution in [2.75, 3.05) is 13.7 Å². The Kier molecular flexibility index (Phi) is 7.07. The first-order chi connectivity index (χ1) is 18.2. The molecular formula is C28H24F4N2O4. The molecule has 1 heterocycles. The standard InChI is InChI=1S/C28H24F4N2O4/c1-36-20-10-7-18-8-11-21-26(22(18)14-20)33-34(25(35)16-37-15-17-5-3-2-4-6-17)27(21)19-9-12-24(23(29)13-19)38-28(30,31)32/h2-7,9-10,12-14,21,27H,8,11,15-16H2,1H3/t21-,27+/m1/s1. The second-order valence-corrected chi connectivity index (χ2v) is 9.05. The number of amides is 1. The van der Waals surface area contributed by atoms with Crippen LogP contribution >= 0.6 is 0 Å². The fraction of sp³-hybridized carbons (Fsp3) is 0.286. The fourth-order valence-corrected chi connectivity index (χ4v) is 4.96. The molecular weight excluding hydrogens is 504 g/mol. The summed E-state index contributed by atoms with van der Waals surface area (Å²) in [6, 6.07) is 17.5. The summed E-state index contributed by atoms with van der Waals surface area (Å²) in [6.45, 7) is -0.0686. The number of ether oxygens (including phenoxy) is 3. The van der Waals surface area contributed by atoms with Crippen LogP contribution in [-0.2, 0) is 22.6 Å². The maximum Gasteiger partial charge on any atom is 0.573 e. The van der Waals surface area contributed by atoms with Crippen molar-refractivity contribution in [1.29, 1.82) is 0 Å². The number of hydrazone groups is 1. The Morgan fingerprint density at radius 3 is 2.58 bits per heavy atom. The Morgan fingerprint density at radius 2 is 1.87 bits per heavy atom. The number of carbonyl (C=O) groups excluding carboxylic acids is 1. The number of fused-ring (bicyclic) bond motifs is 3. The van der Waals surface area contributed by atoms with Gasteiger partial charge in [0.15, 0.2) is 11.6 Å². The van der Waals surface area contributed by atoms with Crippen LogP contribution in [0.2, 0.25) is 0 Å². The van der Waals surface area contributed by atoms with E-state index in [1.807, 2.05) is 48.5 Å². The summed E-state index contributed by atoms with van der Waals surface area (Å²) in [6.07, 6.45) is -3.74. The normalized spacial score (nSPS) is 18.4. The highest BCUT2D eigenvalue weighted by molar-refractivity contribution is 6.07. The van der Waals surface area contributed by atoms with Gasteiger partial charge in [-0.2, -0.15) is 5.10 Å². The van der Waals surface area contributed by atoms with E-state index >= 15 is 0 Å². The van der Waals surface area contributed by atoms with Crippen LogP contribution in [0.5, 0.6) is 11.5 Å². The summed E-state index contributed by atoms with van der Waals surface area (Å²) in [7, 11) is 1.55. The van der Waals surface area contributed by atoms with Crippen molar-refractivity contribution in [3.8, 4) is 11.5 Å². The molecule has 3 aromatic rings. The zero-order valence-electron chi connectivity index (χ0n) is 20.4. The molecule has 198 valence electrons. The van der Waals surface area contributed by atoms with Crippen LogP contribution in [0.1, 0.15) is 34.7 Å². The second-order valence-electron chi connectivity index (χ2n) is 9.05. The molecule has 1 amide bonds. The van der Waals surface area contributed by atoms with Crippen LogP contribution in [0.25, 0.3) is 0 Å². The Labute approximate surface area is 216 Å². The zero-order chi connectivity index (χ0) is 26.9. The minimum Gasteiger partial charge on any atom is -0.497 e. The van der Waals surface area contributed by atoms with E-state index in [-0.39, 0.29) is 19.1 Å². The number of halogens is 4. The maximum atomic E-state index is 14.7. The zero-order valence-corrected chi connectivity index (χ0v) is 20.4. The Bertz CT molecular complexity index is 1360. The lowest BCUT2D eigenvalue weighted by atomic mass is 9.77. The largest absolute Gasteiger partial charge is 0.573 e. The van der Waals surface area contributed by atoms with Crippen molar-refractivity contribution >= 4 is 11.6 Å². The van der Waals surface area contributed by atoms with E-state index in [9.17, 15) is 22.4 Å². The van der Waals surface area contributed by atoms with Gasteiger partial charge in [-0.15, -0.1) is 13.2 Å². The van der Waals surface area contributed by atoms with Gasteiger partial charge >= 0.3 is 6.36 Å². The molecule has 3 aromatic carbocycles. The van der Waals surface area contributed by atoms with E-state index in [0.29, 0.717) is 29.9 Å². The van der Waals surface area contributed by atoms with Gasteiger partial charge in [0.2, 0.25) is 0 Å². The van der Waals surface area contributed by atoms with Crippen LogP contribution in [0.3, 0.4) is 0 Å². The van der Waals surface area contributed by atoms with Gasteiger partial charge in [-0.25, -0.2) is 9.40 Å². The highest BCUT2D eigenvalue weighted by atomic mass is 19.4. The SMILES string of the molecule is COc1ccc2c(c1)C1=NN(C(=O)COCc3ccccc3)[C@@H](c3ccc(OC(F)(F)F)c(F)c3)[C@@H]1CC2. The number of methoxy groups -OCH3 is 1. The van der Waals surface area contributed by atoms with Crippen LogP contribution in [0.15, 0.2) is 71.8 Å². The predicted molar refractivity (Wildman–Crippen MR) is 130 cm³/mol. The van der Waals surface area contributed by atoms with Crippen molar-refractivity contribution in [3.05, 3.63) is 94.8 Å². The van der Waals surface area contributed by atoms with Gasteiger partial charge < -0.3 is 14.2 Å². The average Bonchev–Trinajstić information content (AvgIpc) is 3.30. The van der Waals surface area contributed by atoms with Crippen molar-refractivity contribution in [2.24, 2.45) is 11.0 Å². The van der Waals surface area contributed by atoms with Gasteiger partial charge in [0.25, 0.3) is 5.91 Å². The smallest absolute Gasteiger partial charge is 0.497 e. The summed E-state index contributed by atoms with van der Waals surface area (Å²) in [5.74, 6) is -2.25. The molecule has 0 unspecified atom stereocenters. The number of hydrogen-bond donors (Lipinski definition) is 0. The van der Waals surface area contributed by atoms with E-state index in [4.69, 9.17) is 9.47 Å². The van der Waals surface area contributed by atoms with Crippen molar-refractivity contribution < 1.29 is 36.6 Å². The number of nitrogens with zero attached hydrogens (tertiary/aromatic N) is 2. The third-order valence-corrected chi connectivity index (χ3v) is 6.64. The fourth-order valence-electron chi connectivity index (χ4n) is 4.96. The molecule has 0 N–H and O–H groups in total. The summed E-state index contributed by atoms with van der Waals surface area (Å²) in [5, 5.41) is 5.92. The molecule has 5 rings (SSSR count). The van der Waals surface area contributed by atoms with E-state index in [2.05, 4.69) is 9.84 Å². The maximum absolute atomic E-state index is 14.7. The Morgan fingerprint density at radius 1 is 1.08 bits per heavy atom. The van der Waals surface area contributed by atoms with Crippen molar-refractivity contribution in [3.63, 3.8) is 0 Å². The summed E-state index contributed by atoms with van der Waals surface area (Å²) >= 11 is 0.